The number of esters is 1. The van der Waals surface area contributed by atoms with Crippen LogP contribution in [0, 0.1) is 5.82 Å². The fourth-order valence-electron chi connectivity index (χ4n) is 3.75. The van der Waals surface area contributed by atoms with Crippen molar-refractivity contribution in [1.82, 2.24) is 14.9 Å². The monoisotopic (exact) mass is 662 g/mol. The molecule has 0 unspecified atom stereocenters. The number of hydrogen-bond donors (Lipinski definition) is 1. The highest BCUT2D eigenvalue weighted by atomic mass is 35.5. The third kappa shape index (κ3) is 8.24. The summed E-state index contributed by atoms with van der Waals surface area (Å²) in [7, 11) is 0. The molecule has 1 fully saturated rings. The van der Waals surface area contributed by atoms with Crippen molar-refractivity contribution in [2.45, 2.75) is 26.7 Å². The van der Waals surface area contributed by atoms with Crippen molar-refractivity contribution in [3.63, 3.8) is 0 Å². The number of nitrogens with zero attached hydrogens (tertiary/aromatic N) is 3. The van der Waals surface area contributed by atoms with Gasteiger partial charge in [-0.3, -0.25) is 19.3 Å². The zero-order valence-corrected chi connectivity index (χ0v) is 25.7. The molecule has 3 amide bonds. The number of carbonyl (C=O) groups is 4. The third-order valence-electron chi connectivity index (χ3n) is 5.83. The number of rotatable bonds is 12. The van der Waals surface area contributed by atoms with Gasteiger partial charge in [0.05, 0.1) is 34.9 Å². The molecular formula is C29H25Cl2FN4O7S. The van der Waals surface area contributed by atoms with Gasteiger partial charge in [0.15, 0.2) is 11.5 Å². The van der Waals surface area contributed by atoms with E-state index in [1.165, 1.54) is 36.4 Å². The van der Waals surface area contributed by atoms with Crippen LogP contribution in [0.5, 0.6) is 17.4 Å². The van der Waals surface area contributed by atoms with E-state index in [0.29, 0.717) is 23.7 Å². The fourth-order valence-corrected chi connectivity index (χ4v) is 4.91. The van der Waals surface area contributed by atoms with E-state index in [1.54, 1.807) is 13.0 Å². The number of unbranched alkanes of at least 4 members (excludes halogenated alkanes) is 1. The molecule has 230 valence electrons. The third-order valence-corrected chi connectivity index (χ3v) is 7.25. The van der Waals surface area contributed by atoms with Crippen molar-refractivity contribution in [2.75, 3.05) is 25.1 Å². The molecule has 2 heterocycles. The standard InChI is InChI=1S/C29H25Cl2FN4O7S/c1-3-5-10-42-27(39)18-13-17(7-8-19(18)30)34-24(37)15-36-26(38)23(44-29(36)40)12-16-6-9-21(22(11-16)41-4-2)43-25-20(32)14-33-28(31)35-25/h6-9,11-14H,3-5,10,15H2,1-2H3,(H,34,37)/b23-12+. The molecule has 4 rings (SSSR count). The molecule has 0 saturated carbocycles. The Morgan fingerprint density at radius 3 is 2.66 bits per heavy atom. The van der Waals surface area contributed by atoms with Gasteiger partial charge in [0.1, 0.15) is 6.54 Å². The van der Waals surface area contributed by atoms with Crippen LogP contribution in [0.1, 0.15) is 42.6 Å². The number of imide groups is 1. The number of nitrogens with one attached hydrogen (secondary N) is 1. The highest BCUT2D eigenvalue weighted by Crippen LogP contribution is 2.36. The second-order valence-electron chi connectivity index (χ2n) is 9.03. The van der Waals surface area contributed by atoms with Gasteiger partial charge in [-0.2, -0.15) is 9.37 Å². The van der Waals surface area contributed by atoms with Gasteiger partial charge in [0.25, 0.3) is 17.0 Å². The van der Waals surface area contributed by atoms with E-state index in [9.17, 15) is 23.6 Å². The molecule has 1 aliphatic rings. The maximum absolute atomic E-state index is 14.1. The Labute approximate surface area is 265 Å². The largest absolute Gasteiger partial charge is 0.490 e. The van der Waals surface area contributed by atoms with Crippen LogP contribution in [-0.2, 0) is 14.3 Å². The average molecular weight is 664 g/mol. The highest BCUT2D eigenvalue weighted by molar-refractivity contribution is 8.18. The number of carbonyl (C=O) groups excluding carboxylic acids is 4. The lowest BCUT2D eigenvalue weighted by Gasteiger charge is -2.13. The maximum Gasteiger partial charge on any atom is 0.339 e. The Morgan fingerprint density at radius 2 is 1.91 bits per heavy atom. The predicted molar refractivity (Wildman–Crippen MR) is 163 cm³/mol. The second-order valence-corrected chi connectivity index (χ2v) is 10.8. The zero-order valence-electron chi connectivity index (χ0n) is 23.4. The van der Waals surface area contributed by atoms with Crippen LogP contribution < -0.4 is 14.8 Å². The lowest BCUT2D eigenvalue weighted by Crippen LogP contribution is -2.36. The average Bonchev–Trinajstić information content (AvgIpc) is 3.24. The normalized spacial score (nSPS) is 13.8. The van der Waals surface area contributed by atoms with Crippen molar-refractivity contribution in [2.24, 2.45) is 0 Å². The molecule has 1 aromatic heterocycles. The topological polar surface area (TPSA) is 137 Å². The van der Waals surface area contributed by atoms with Gasteiger partial charge < -0.3 is 19.5 Å². The fraction of sp³-hybridized carbons (Fsp3) is 0.241. The minimum absolute atomic E-state index is 0.0659. The Bertz CT molecular complexity index is 1640. The van der Waals surface area contributed by atoms with Crippen LogP contribution in [0.2, 0.25) is 10.3 Å². The number of anilines is 1. The minimum Gasteiger partial charge on any atom is -0.490 e. The molecule has 0 bridgehead atoms. The number of ether oxygens (including phenoxy) is 3. The molecule has 0 spiro atoms. The summed E-state index contributed by atoms with van der Waals surface area (Å²) in [5.41, 5.74) is 0.777. The molecule has 1 N–H and O–H groups in total. The van der Waals surface area contributed by atoms with Crippen LogP contribution in [-0.4, -0.2) is 57.6 Å². The van der Waals surface area contributed by atoms with Crippen LogP contribution >= 0.6 is 35.0 Å². The first-order chi connectivity index (χ1) is 21.1. The van der Waals surface area contributed by atoms with Gasteiger partial charge >= 0.3 is 5.97 Å². The summed E-state index contributed by atoms with van der Waals surface area (Å²) in [6, 6.07) is 8.84. The van der Waals surface area contributed by atoms with Crippen molar-refractivity contribution in [1.29, 1.82) is 0 Å². The number of aromatic nitrogens is 2. The predicted octanol–water partition coefficient (Wildman–Crippen LogP) is 6.75. The molecule has 0 aliphatic carbocycles. The van der Waals surface area contributed by atoms with Gasteiger partial charge in [-0.25, -0.2) is 9.78 Å². The van der Waals surface area contributed by atoms with Gasteiger partial charge in [-0.15, -0.1) is 0 Å². The Kier molecular flexibility index (Phi) is 11.1. The molecule has 1 aliphatic heterocycles. The number of amides is 3. The number of halogens is 3. The molecule has 3 aromatic rings. The first-order valence-electron chi connectivity index (χ1n) is 13.2. The van der Waals surface area contributed by atoms with E-state index in [-0.39, 0.29) is 51.2 Å². The maximum atomic E-state index is 14.1. The molecule has 1 saturated heterocycles. The van der Waals surface area contributed by atoms with E-state index in [4.69, 9.17) is 37.4 Å². The Morgan fingerprint density at radius 1 is 1.11 bits per heavy atom. The Balaban J connectivity index is 1.45. The summed E-state index contributed by atoms with van der Waals surface area (Å²) in [6.45, 7) is 3.61. The summed E-state index contributed by atoms with van der Waals surface area (Å²) < 4.78 is 30.4. The minimum atomic E-state index is -0.833. The van der Waals surface area contributed by atoms with Crippen LogP contribution in [0.3, 0.4) is 0 Å². The molecular weight excluding hydrogens is 638 g/mol. The summed E-state index contributed by atoms with van der Waals surface area (Å²) in [5.74, 6) is -2.87. The molecule has 0 radical (unpaired) electrons. The van der Waals surface area contributed by atoms with Crippen LogP contribution in [0.25, 0.3) is 6.08 Å². The van der Waals surface area contributed by atoms with E-state index in [0.717, 1.165) is 17.5 Å². The molecule has 11 nitrogen and oxygen atoms in total. The second kappa shape index (κ2) is 15.0. The number of hydrogen-bond acceptors (Lipinski definition) is 10. The Hall–Kier alpha value is -4.20. The van der Waals surface area contributed by atoms with Gasteiger partial charge in [0, 0.05) is 5.69 Å². The van der Waals surface area contributed by atoms with Gasteiger partial charge in [-0.1, -0.05) is 31.0 Å². The first-order valence-corrected chi connectivity index (χ1v) is 14.8. The zero-order chi connectivity index (χ0) is 31.8. The van der Waals surface area contributed by atoms with E-state index >= 15 is 0 Å². The SMILES string of the molecule is CCCCOC(=O)c1cc(NC(=O)CN2C(=O)S/C(=C/c3ccc(Oc4nc(Cl)ncc4F)c(OCC)c3)C2=O)ccc1Cl. The summed E-state index contributed by atoms with van der Waals surface area (Å²) >= 11 is 12.5. The van der Waals surface area contributed by atoms with Crippen LogP contribution in [0.15, 0.2) is 47.5 Å². The van der Waals surface area contributed by atoms with Gasteiger partial charge in [0.2, 0.25) is 17.0 Å². The first kappa shape index (κ1) is 32.7. The highest BCUT2D eigenvalue weighted by Gasteiger charge is 2.36. The smallest absolute Gasteiger partial charge is 0.339 e. The summed E-state index contributed by atoms with van der Waals surface area (Å²) in [5, 5.41) is 1.86. The quantitative estimate of drug-likeness (QED) is 0.0960. The summed E-state index contributed by atoms with van der Waals surface area (Å²) in [4.78, 5) is 58.9. The van der Waals surface area contributed by atoms with Crippen molar-refractivity contribution < 1.29 is 37.8 Å². The lowest BCUT2D eigenvalue weighted by molar-refractivity contribution is -0.127. The lowest BCUT2D eigenvalue weighted by atomic mass is 10.2. The molecule has 2 aromatic carbocycles. The van der Waals surface area contributed by atoms with Crippen molar-refractivity contribution in [3.05, 3.63) is 74.8 Å². The molecule has 15 heteroatoms. The van der Waals surface area contributed by atoms with Crippen molar-refractivity contribution >= 4 is 69.8 Å². The van der Waals surface area contributed by atoms with E-state index < -0.39 is 41.3 Å². The van der Waals surface area contributed by atoms with Crippen LogP contribution in [0.4, 0.5) is 14.9 Å². The van der Waals surface area contributed by atoms with Crippen molar-refractivity contribution in [3.8, 4) is 17.4 Å². The number of thioether (sulfide) groups is 1. The molecule has 44 heavy (non-hydrogen) atoms. The van der Waals surface area contributed by atoms with E-state index in [2.05, 4.69) is 15.3 Å². The summed E-state index contributed by atoms with van der Waals surface area (Å²) in [6.07, 6.45) is 3.86. The number of benzene rings is 2. The molecule has 0 atom stereocenters. The van der Waals surface area contributed by atoms with Gasteiger partial charge in [-0.05, 0) is 78.7 Å². The van der Waals surface area contributed by atoms with E-state index in [1.807, 2.05) is 6.92 Å².